The Kier molecular flexibility index (Phi) is 2.97. The van der Waals surface area contributed by atoms with Crippen molar-refractivity contribution < 1.29 is 19.4 Å². The Morgan fingerprint density at radius 3 is 2.55 bits per heavy atom. The Balaban J connectivity index is 2.34. The molecule has 104 valence electrons. The second kappa shape index (κ2) is 4.67. The molecular formula is C15H15NO4. The van der Waals surface area contributed by atoms with Crippen LogP contribution >= 0.6 is 0 Å². The van der Waals surface area contributed by atoms with E-state index in [0.717, 1.165) is 18.5 Å². The maximum absolute atomic E-state index is 11.5. The number of ether oxygens (including phenoxy) is 2. The van der Waals surface area contributed by atoms with E-state index in [-0.39, 0.29) is 5.56 Å². The lowest BCUT2D eigenvalue weighted by Gasteiger charge is -2.11. The zero-order valence-electron chi connectivity index (χ0n) is 11.3. The molecule has 1 aromatic heterocycles. The van der Waals surface area contributed by atoms with E-state index < -0.39 is 5.97 Å². The lowest BCUT2D eigenvalue weighted by atomic mass is 10.0. The highest BCUT2D eigenvalue weighted by Crippen LogP contribution is 2.41. The first-order valence-electron chi connectivity index (χ1n) is 6.44. The first-order valence-corrected chi connectivity index (χ1v) is 6.44. The van der Waals surface area contributed by atoms with Crippen molar-refractivity contribution >= 4 is 16.9 Å². The van der Waals surface area contributed by atoms with Crippen molar-refractivity contribution in [1.29, 1.82) is 0 Å². The van der Waals surface area contributed by atoms with Gasteiger partial charge < -0.3 is 14.6 Å². The highest BCUT2D eigenvalue weighted by molar-refractivity contribution is 6.04. The van der Waals surface area contributed by atoms with Gasteiger partial charge in [0.05, 0.1) is 19.8 Å². The third-order valence-corrected chi connectivity index (χ3v) is 3.55. The first kappa shape index (κ1) is 12.7. The largest absolute Gasteiger partial charge is 0.497 e. The molecule has 0 spiro atoms. The number of rotatable bonds is 4. The van der Waals surface area contributed by atoms with Crippen molar-refractivity contribution in [2.24, 2.45) is 0 Å². The van der Waals surface area contributed by atoms with Gasteiger partial charge in [-0.15, -0.1) is 0 Å². The number of aromatic carboxylic acids is 1. The predicted molar refractivity (Wildman–Crippen MR) is 73.8 cm³/mol. The molecule has 0 saturated heterocycles. The van der Waals surface area contributed by atoms with Crippen molar-refractivity contribution in [2.45, 2.75) is 18.8 Å². The maximum Gasteiger partial charge on any atom is 0.336 e. The molecule has 1 heterocycles. The fraction of sp³-hybridized carbons (Fsp3) is 0.333. The molecule has 0 aliphatic heterocycles. The molecule has 1 aliphatic rings. The second-order valence-electron chi connectivity index (χ2n) is 4.90. The van der Waals surface area contributed by atoms with Crippen LogP contribution in [0.5, 0.6) is 11.5 Å². The number of aromatic nitrogens is 1. The van der Waals surface area contributed by atoms with Gasteiger partial charge in [-0.3, -0.25) is 0 Å². The summed E-state index contributed by atoms with van der Waals surface area (Å²) in [6.07, 6.45) is 2.13. The van der Waals surface area contributed by atoms with Gasteiger partial charge in [0, 0.05) is 23.1 Å². The minimum absolute atomic E-state index is 0.245. The lowest BCUT2D eigenvalue weighted by molar-refractivity contribution is 0.0699. The van der Waals surface area contributed by atoms with E-state index in [9.17, 15) is 9.90 Å². The number of benzene rings is 1. The Bertz CT molecular complexity index is 692. The monoisotopic (exact) mass is 273 g/mol. The molecule has 0 radical (unpaired) electrons. The normalized spacial score (nSPS) is 14.3. The highest BCUT2D eigenvalue weighted by atomic mass is 16.5. The minimum atomic E-state index is -0.963. The van der Waals surface area contributed by atoms with E-state index in [4.69, 9.17) is 9.47 Å². The molecule has 1 aromatic carbocycles. The summed E-state index contributed by atoms with van der Waals surface area (Å²) in [7, 11) is 3.08. The summed E-state index contributed by atoms with van der Waals surface area (Å²) >= 11 is 0. The van der Waals surface area contributed by atoms with Gasteiger partial charge in [-0.2, -0.15) is 0 Å². The van der Waals surface area contributed by atoms with Crippen LogP contribution in [0.25, 0.3) is 10.9 Å². The Morgan fingerprint density at radius 2 is 2.00 bits per heavy atom. The van der Waals surface area contributed by atoms with Gasteiger partial charge in [-0.1, -0.05) is 0 Å². The molecule has 5 nitrogen and oxygen atoms in total. The van der Waals surface area contributed by atoms with E-state index in [1.54, 1.807) is 25.3 Å². The molecule has 3 rings (SSSR count). The standard InChI is InChI=1S/C15H15NO4/c1-19-9-5-10-11(15(17)18)7-12(8-3-4-8)16-14(10)13(6-9)20-2/h5-8H,3-4H2,1-2H3,(H,17,18). The molecule has 0 bridgehead atoms. The van der Waals surface area contributed by atoms with Crippen LogP contribution in [-0.2, 0) is 0 Å². The van der Waals surface area contributed by atoms with Crippen LogP contribution in [0.15, 0.2) is 18.2 Å². The van der Waals surface area contributed by atoms with Gasteiger partial charge in [-0.25, -0.2) is 9.78 Å². The summed E-state index contributed by atoms with van der Waals surface area (Å²) in [5.74, 6) is 0.501. The highest BCUT2D eigenvalue weighted by Gasteiger charge is 2.27. The van der Waals surface area contributed by atoms with Gasteiger partial charge in [0.2, 0.25) is 0 Å². The summed E-state index contributed by atoms with van der Waals surface area (Å²) in [6, 6.07) is 5.07. The van der Waals surface area contributed by atoms with Gasteiger partial charge >= 0.3 is 5.97 Å². The molecule has 5 heteroatoms. The number of pyridine rings is 1. The Morgan fingerprint density at radius 1 is 1.25 bits per heavy atom. The number of carbonyl (C=O) groups is 1. The first-order chi connectivity index (χ1) is 9.63. The van der Waals surface area contributed by atoms with Gasteiger partial charge in [-0.05, 0) is 25.0 Å². The van der Waals surface area contributed by atoms with Gasteiger partial charge in [0.1, 0.15) is 17.0 Å². The van der Waals surface area contributed by atoms with Crippen LogP contribution in [-0.4, -0.2) is 30.3 Å². The van der Waals surface area contributed by atoms with E-state index >= 15 is 0 Å². The number of hydrogen-bond donors (Lipinski definition) is 1. The van der Waals surface area contributed by atoms with Crippen molar-refractivity contribution in [2.75, 3.05) is 14.2 Å². The van der Waals surface area contributed by atoms with E-state index in [0.29, 0.717) is 28.3 Å². The van der Waals surface area contributed by atoms with Crippen molar-refractivity contribution in [3.63, 3.8) is 0 Å². The minimum Gasteiger partial charge on any atom is -0.497 e. The number of carboxylic acids is 1. The molecule has 0 atom stereocenters. The number of methoxy groups -OCH3 is 2. The predicted octanol–water partition coefficient (Wildman–Crippen LogP) is 2.83. The molecule has 2 aromatic rings. The zero-order chi connectivity index (χ0) is 14.3. The maximum atomic E-state index is 11.5. The summed E-state index contributed by atoms with van der Waals surface area (Å²) in [5.41, 5.74) is 1.66. The van der Waals surface area contributed by atoms with Crippen molar-refractivity contribution in [3.8, 4) is 11.5 Å². The molecule has 0 unspecified atom stereocenters. The van der Waals surface area contributed by atoms with E-state index in [1.807, 2.05) is 0 Å². The number of fused-ring (bicyclic) bond motifs is 1. The fourth-order valence-electron chi connectivity index (χ4n) is 2.33. The van der Waals surface area contributed by atoms with Gasteiger partial charge in [0.15, 0.2) is 0 Å². The number of carboxylic acid groups (broad SMARTS) is 1. The lowest BCUT2D eigenvalue weighted by Crippen LogP contribution is -2.03. The third-order valence-electron chi connectivity index (χ3n) is 3.55. The Hall–Kier alpha value is -2.30. The smallest absolute Gasteiger partial charge is 0.336 e. The van der Waals surface area contributed by atoms with E-state index in [2.05, 4.69) is 4.98 Å². The van der Waals surface area contributed by atoms with E-state index in [1.165, 1.54) is 7.11 Å². The summed E-state index contributed by atoms with van der Waals surface area (Å²) in [4.78, 5) is 16.1. The van der Waals surface area contributed by atoms with Crippen LogP contribution in [0.3, 0.4) is 0 Å². The quantitative estimate of drug-likeness (QED) is 0.927. The topological polar surface area (TPSA) is 68.7 Å². The van der Waals surface area contributed by atoms with Crippen LogP contribution in [0, 0.1) is 0 Å². The van der Waals surface area contributed by atoms with Crippen LogP contribution < -0.4 is 9.47 Å². The van der Waals surface area contributed by atoms with Crippen LogP contribution in [0.4, 0.5) is 0 Å². The SMILES string of the molecule is COc1cc(OC)c2nc(C3CC3)cc(C(=O)O)c2c1. The molecule has 1 aliphatic carbocycles. The molecule has 0 amide bonds. The zero-order valence-corrected chi connectivity index (χ0v) is 11.3. The summed E-state index contributed by atoms with van der Waals surface area (Å²) in [5, 5.41) is 9.97. The average Bonchev–Trinajstić information content (AvgIpc) is 3.29. The van der Waals surface area contributed by atoms with Crippen LogP contribution in [0.2, 0.25) is 0 Å². The summed E-state index contributed by atoms with van der Waals surface area (Å²) < 4.78 is 10.5. The molecular weight excluding hydrogens is 258 g/mol. The molecule has 1 N–H and O–H groups in total. The second-order valence-corrected chi connectivity index (χ2v) is 4.90. The van der Waals surface area contributed by atoms with Crippen LogP contribution in [0.1, 0.15) is 34.8 Å². The van der Waals surface area contributed by atoms with Crippen molar-refractivity contribution in [3.05, 3.63) is 29.5 Å². The number of nitrogens with zero attached hydrogens (tertiary/aromatic N) is 1. The van der Waals surface area contributed by atoms with Gasteiger partial charge in [0.25, 0.3) is 0 Å². The summed E-state index contributed by atoms with van der Waals surface area (Å²) in [6.45, 7) is 0. The molecule has 20 heavy (non-hydrogen) atoms. The molecule has 1 fully saturated rings. The molecule has 1 saturated carbocycles. The average molecular weight is 273 g/mol. The van der Waals surface area contributed by atoms with Crippen molar-refractivity contribution in [1.82, 2.24) is 4.98 Å². The fourth-order valence-corrected chi connectivity index (χ4v) is 2.33. The number of hydrogen-bond acceptors (Lipinski definition) is 4. The Labute approximate surface area is 116 Å². The third kappa shape index (κ3) is 2.05.